The standard InChI is InChI=1S/C13H15BrClNO3/c1-8-13(18,4-5-19-8)7-16-12(17)10-6-9(14)2-3-11(10)15/h2-3,6,8,18H,4-5,7H2,1H3,(H,16,17). The van der Waals surface area contributed by atoms with E-state index < -0.39 is 5.60 Å². The van der Waals surface area contributed by atoms with Crippen molar-refractivity contribution >= 4 is 33.4 Å². The van der Waals surface area contributed by atoms with E-state index in [-0.39, 0.29) is 18.6 Å². The number of benzene rings is 1. The lowest BCUT2D eigenvalue weighted by molar-refractivity contribution is -0.0251. The molecule has 0 spiro atoms. The van der Waals surface area contributed by atoms with Gasteiger partial charge in [0.2, 0.25) is 0 Å². The van der Waals surface area contributed by atoms with Crippen LogP contribution < -0.4 is 5.32 Å². The van der Waals surface area contributed by atoms with Crippen molar-refractivity contribution in [3.63, 3.8) is 0 Å². The van der Waals surface area contributed by atoms with Gasteiger partial charge in [-0.3, -0.25) is 4.79 Å². The Labute approximate surface area is 125 Å². The molecule has 1 heterocycles. The van der Waals surface area contributed by atoms with Crippen LogP contribution in [0.1, 0.15) is 23.7 Å². The minimum Gasteiger partial charge on any atom is -0.385 e. The monoisotopic (exact) mass is 347 g/mol. The van der Waals surface area contributed by atoms with E-state index in [1.54, 1.807) is 25.1 Å². The number of carbonyl (C=O) groups excluding carboxylic acids is 1. The van der Waals surface area contributed by atoms with Crippen molar-refractivity contribution in [2.24, 2.45) is 0 Å². The molecule has 2 N–H and O–H groups in total. The van der Waals surface area contributed by atoms with Crippen molar-refractivity contribution in [2.75, 3.05) is 13.2 Å². The Balaban J connectivity index is 2.03. The summed E-state index contributed by atoms with van der Waals surface area (Å²) in [6, 6.07) is 5.06. The van der Waals surface area contributed by atoms with Gasteiger partial charge in [-0.05, 0) is 25.1 Å². The van der Waals surface area contributed by atoms with Gasteiger partial charge in [0.1, 0.15) is 5.60 Å². The molecule has 1 aromatic rings. The van der Waals surface area contributed by atoms with Gasteiger partial charge in [-0.25, -0.2) is 0 Å². The third kappa shape index (κ3) is 3.28. The van der Waals surface area contributed by atoms with E-state index in [1.165, 1.54) is 0 Å². The first-order valence-electron chi connectivity index (χ1n) is 5.99. The van der Waals surface area contributed by atoms with E-state index in [2.05, 4.69) is 21.2 Å². The third-order valence-electron chi connectivity index (χ3n) is 3.39. The lowest BCUT2D eigenvalue weighted by atomic mass is 9.96. The number of hydrogen-bond acceptors (Lipinski definition) is 3. The molecule has 0 saturated carbocycles. The smallest absolute Gasteiger partial charge is 0.252 e. The highest BCUT2D eigenvalue weighted by molar-refractivity contribution is 9.10. The molecule has 1 fully saturated rings. The maximum atomic E-state index is 12.1. The van der Waals surface area contributed by atoms with Crippen molar-refractivity contribution in [2.45, 2.75) is 25.0 Å². The number of halogens is 2. The average Bonchev–Trinajstić information content (AvgIpc) is 2.70. The van der Waals surface area contributed by atoms with Crippen molar-refractivity contribution in [3.05, 3.63) is 33.3 Å². The summed E-state index contributed by atoms with van der Waals surface area (Å²) in [7, 11) is 0. The molecule has 2 atom stereocenters. The predicted octanol–water partition coefficient (Wildman–Crippen LogP) is 2.37. The fourth-order valence-electron chi connectivity index (χ4n) is 2.00. The largest absolute Gasteiger partial charge is 0.385 e. The second-order valence-corrected chi connectivity index (χ2v) is 6.00. The van der Waals surface area contributed by atoms with Crippen LogP contribution in [-0.4, -0.2) is 35.9 Å². The summed E-state index contributed by atoms with van der Waals surface area (Å²) in [4.78, 5) is 12.1. The van der Waals surface area contributed by atoms with Gasteiger partial charge in [0, 0.05) is 24.0 Å². The topological polar surface area (TPSA) is 58.6 Å². The first-order chi connectivity index (χ1) is 8.92. The first kappa shape index (κ1) is 14.8. The van der Waals surface area contributed by atoms with Gasteiger partial charge in [0.25, 0.3) is 5.91 Å². The van der Waals surface area contributed by atoms with Gasteiger partial charge in [-0.15, -0.1) is 0 Å². The third-order valence-corrected chi connectivity index (χ3v) is 4.21. The number of rotatable bonds is 3. The molecule has 4 nitrogen and oxygen atoms in total. The van der Waals surface area contributed by atoms with E-state index >= 15 is 0 Å². The van der Waals surface area contributed by atoms with Crippen LogP contribution in [-0.2, 0) is 4.74 Å². The molecule has 0 bridgehead atoms. The van der Waals surface area contributed by atoms with Crippen LogP contribution in [0.25, 0.3) is 0 Å². The minimum absolute atomic E-state index is 0.149. The summed E-state index contributed by atoms with van der Waals surface area (Å²) in [5.74, 6) is -0.307. The molecule has 19 heavy (non-hydrogen) atoms. The lowest BCUT2D eigenvalue weighted by Crippen LogP contribution is -2.47. The van der Waals surface area contributed by atoms with Crippen LogP contribution in [0, 0.1) is 0 Å². The average molecular weight is 349 g/mol. The van der Waals surface area contributed by atoms with Crippen molar-refractivity contribution < 1.29 is 14.6 Å². The molecule has 0 aromatic heterocycles. The van der Waals surface area contributed by atoms with Crippen LogP contribution >= 0.6 is 27.5 Å². The van der Waals surface area contributed by atoms with Gasteiger partial charge in [-0.2, -0.15) is 0 Å². The van der Waals surface area contributed by atoms with Crippen molar-refractivity contribution in [1.29, 1.82) is 0 Å². The van der Waals surface area contributed by atoms with E-state index in [0.29, 0.717) is 23.6 Å². The molecule has 1 aliphatic rings. The van der Waals surface area contributed by atoms with Crippen molar-refractivity contribution in [1.82, 2.24) is 5.32 Å². The van der Waals surface area contributed by atoms with Crippen LogP contribution in [0.3, 0.4) is 0 Å². The second-order valence-electron chi connectivity index (χ2n) is 4.67. The molecule has 0 aliphatic carbocycles. The summed E-state index contributed by atoms with van der Waals surface area (Å²) >= 11 is 9.28. The fourth-order valence-corrected chi connectivity index (χ4v) is 2.57. The molecule has 6 heteroatoms. The number of aliphatic hydroxyl groups is 1. The summed E-state index contributed by atoms with van der Waals surface area (Å²) in [5.41, 5.74) is -0.625. The van der Waals surface area contributed by atoms with Crippen LogP contribution in [0.5, 0.6) is 0 Å². The van der Waals surface area contributed by atoms with Gasteiger partial charge in [-0.1, -0.05) is 27.5 Å². The molecule has 2 unspecified atom stereocenters. The predicted molar refractivity (Wildman–Crippen MR) is 76.5 cm³/mol. The van der Waals surface area contributed by atoms with E-state index in [1.807, 2.05) is 0 Å². The number of carbonyl (C=O) groups is 1. The van der Waals surface area contributed by atoms with Crippen molar-refractivity contribution in [3.8, 4) is 0 Å². The quantitative estimate of drug-likeness (QED) is 0.882. The highest BCUT2D eigenvalue weighted by Crippen LogP contribution is 2.25. The number of ether oxygens (including phenoxy) is 1. The van der Waals surface area contributed by atoms with Gasteiger partial charge in [0.05, 0.1) is 16.7 Å². The molecule has 1 amide bonds. The molecule has 1 aliphatic heterocycles. The normalized spacial score (nSPS) is 26.4. The Hall–Kier alpha value is -0.620. The number of hydrogen-bond donors (Lipinski definition) is 2. The molecule has 1 saturated heterocycles. The molecular weight excluding hydrogens is 334 g/mol. The SMILES string of the molecule is CC1OCCC1(O)CNC(=O)c1cc(Br)ccc1Cl. The summed E-state index contributed by atoms with van der Waals surface area (Å²) in [6.45, 7) is 2.45. The summed E-state index contributed by atoms with van der Waals surface area (Å²) in [6.07, 6.45) is 0.228. The highest BCUT2D eigenvalue weighted by atomic mass is 79.9. The fraction of sp³-hybridized carbons (Fsp3) is 0.462. The zero-order chi connectivity index (χ0) is 14.0. The maximum Gasteiger partial charge on any atom is 0.252 e. The number of nitrogens with one attached hydrogen (secondary N) is 1. The van der Waals surface area contributed by atoms with Gasteiger partial charge >= 0.3 is 0 Å². The zero-order valence-corrected chi connectivity index (χ0v) is 12.8. The lowest BCUT2D eigenvalue weighted by Gasteiger charge is -2.26. The summed E-state index contributed by atoms with van der Waals surface area (Å²) < 4.78 is 6.09. The molecule has 0 radical (unpaired) electrons. The first-order valence-corrected chi connectivity index (χ1v) is 7.17. The highest BCUT2D eigenvalue weighted by Gasteiger charge is 2.39. The minimum atomic E-state index is -1.01. The van der Waals surface area contributed by atoms with Crippen LogP contribution in [0.15, 0.2) is 22.7 Å². The Kier molecular flexibility index (Phi) is 4.50. The Morgan fingerprint density at radius 3 is 3.05 bits per heavy atom. The van der Waals surface area contributed by atoms with E-state index in [9.17, 15) is 9.90 Å². The second kappa shape index (κ2) is 5.79. The maximum absolute atomic E-state index is 12.1. The number of amides is 1. The molecule has 2 rings (SSSR count). The van der Waals surface area contributed by atoms with Gasteiger partial charge in [0.15, 0.2) is 0 Å². The summed E-state index contributed by atoms with van der Waals surface area (Å²) in [5, 5.41) is 13.4. The van der Waals surface area contributed by atoms with Crippen LogP contribution in [0.4, 0.5) is 0 Å². The molecule has 1 aromatic carbocycles. The Morgan fingerprint density at radius 1 is 1.68 bits per heavy atom. The molecular formula is C13H15BrClNO3. The van der Waals surface area contributed by atoms with Gasteiger partial charge < -0.3 is 15.2 Å². The van der Waals surface area contributed by atoms with E-state index in [4.69, 9.17) is 16.3 Å². The zero-order valence-electron chi connectivity index (χ0n) is 10.5. The molecule has 104 valence electrons. The van der Waals surface area contributed by atoms with Crippen LogP contribution in [0.2, 0.25) is 5.02 Å². The Morgan fingerprint density at radius 2 is 2.42 bits per heavy atom. The Bertz CT molecular complexity index is 497. The van der Waals surface area contributed by atoms with E-state index in [0.717, 1.165) is 4.47 Å².